The van der Waals surface area contributed by atoms with Crippen molar-refractivity contribution in [3.05, 3.63) is 34.3 Å². The molecule has 2 rings (SSSR count). The van der Waals surface area contributed by atoms with Crippen LogP contribution in [0, 0.1) is 0 Å². The molecule has 0 fully saturated rings. The fourth-order valence-electron chi connectivity index (χ4n) is 1.32. The molecule has 0 radical (unpaired) electrons. The highest BCUT2D eigenvalue weighted by molar-refractivity contribution is 7.90. The minimum Gasteiger partial charge on any atom is -0.378 e. The summed E-state index contributed by atoms with van der Waals surface area (Å²) in [6, 6.07) is 4.55. The molecule has 5 nitrogen and oxygen atoms in total. The number of anilines is 1. The molecule has 2 aromatic rings. The van der Waals surface area contributed by atoms with Gasteiger partial charge >= 0.3 is 0 Å². The minimum absolute atomic E-state index is 0.228. The van der Waals surface area contributed by atoms with Crippen molar-refractivity contribution < 1.29 is 8.42 Å². The molecule has 1 aromatic heterocycles. The lowest BCUT2D eigenvalue weighted by atomic mass is 10.3. The van der Waals surface area contributed by atoms with Crippen molar-refractivity contribution in [1.29, 1.82) is 0 Å². The summed E-state index contributed by atoms with van der Waals surface area (Å²) in [5.41, 5.74) is 1.34. The quantitative estimate of drug-likeness (QED) is 0.937. The summed E-state index contributed by atoms with van der Waals surface area (Å²) in [4.78, 5) is 0.228. The molecular formula is C10H10ClN3O2S2. The smallest absolute Gasteiger partial charge is 0.175 e. The average Bonchev–Trinajstić information content (AvgIpc) is 2.79. The fraction of sp³-hybridized carbons (Fsp3) is 0.200. The van der Waals surface area contributed by atoms with Gasteiger partial charge < -0.3 is 5.32 Å². The molecule has 0 aliphatic heterocycles. The number of nitrogens with one attached hydrogen (secondary N) is 1. The number of hydrogen-bond acceptors (Lipinski definition) is 6. The lowest BCUT2D eigenvalue weighted by molar-refractivity contribution is 0.602. The first kappa shape index (κ1) is 13.3. The maximum atomic E-state index is 11.4. The SMILES string of the molecule is CS(=O)(=O)c1ccc(Cl)c(NCc2csnn2)c1. The van der Waals surface area contributed by atoms with Crippen LogP contribution in [0.1, 0.15) is 5.69 Å². The Morgan fingerprint density at radius 3 is 2.83 bits per heavy atom. The van der Waals surface area contributed by atoms with E-state index in [-0.39, 0.29) is 4.90 Å². The van der Waals surface area contributed by atoms with Gasteiger partial charge in [0.2, 0.25) is 0 Å². The molecule has 0 bridgehead atoms. The lowest BCUT2D eigenvalue weighted by Crippen LogP contribution is -2.03. The monoisotopic (exact) mass is 303 g/mol. The third kappa shape index (κ3) is 3.18. The molecule has 0 spiro atoms. The van der Waals surface area contributed by atoms with Crippen molar-refractivity contribution in [2.45, 2.75) is 11.4 Å². The molecule has 18 heavy (non-hydrogen) atoms. The zero-order chi connectivity index (χ0) is 13.2. The van der Waals surface area contributed by atoms with Crippen molar-refractivity contribution >= 4 is 38.7 Å². The van der Waals surface area contributed by atoms with E-state index in [0.29, 0.717) is 17.3 Å². The number of sulfone groups is 1. The summed E-state index contributed by atoms with van der Waals surface area (Å²) in [6.45, 7) is 0.448. The van der Waals surface area contributed by atoms with E-state index in [4.69, 9.17) is 11.6 Å². The topological polar surface area (TPSA) is 72.0 Å². The summed E-state index contributed by atoms with van der Waals surface area (Å²) in [6.07, 6.45) is 1.16. The number of hydrogen-bond donors (Lipinski definition) is 1. The number of rotatable bonds is 4. The van der Waals surface area contributed by atoms with E-state index in [2.05, 4.69) is 14.9 Å². The first-order chi connectivity index (χ1) is 8.47. The van der Waals surface area contributed by atoms with Crippen LogP contribution >= 0.6 is 23.1 Å². The van der Waals surface area contributed by atoms with Crippen LogP contribution < -0.4 is 5.32 Å². The minimum atomic E-state index is -3.24. The molecule has 96 valence electrons. The molecule has 8 heteroatoms. The molecule has 0 aliphatic rings. The van der Waals surface area contributed by atoms with Crippen molar-refractivity contribution in [3.63, 3.8) is 0 Å². The second-order valence-electron chi connectivity index (χ2n) is 3.66. The third-order valence-corrected chi connectivity index (χ3v) is 4.22. The average molecular weight is 304 g/mol. The zero-order valence-corrected chi connectivity index (χ0v) is 11.8. The number of aromatic nitrogens is 2. The molecule has 0 amide bonds. The molecular weight excluding hydrogens is 294 g/mol. The Kier molecular flexibility index (Phi) is 3.84. The second-order valence-corrected chi connectivity index (χ2v) is 6.70. The Morgan fingerprint density at radius 1 is 1.44 bits per heavy atom. The van der Waals surface area contributed by atoms with E-state index in [0.717, 1.165) is 11.9 Å². The van der Waals surface area contributed by atoms with Gasteiger partial charge in [-0.1, -0.05) is 16.1 Å². The van der Waals surface area contributed by atoms with E-state index in [9.17, 15) is 8.42 Å². The Morgan fingerprint density at radius 2 is 2.22 bits per heavy atom. The Balaban J connectivity index is 2.22. The van der Waals surface area contributed by atoms with Crippen LogP contribution in [0.5, 0.6) is 0 Å². The predicted octanol–water partition coefficient (Wildman–Crippen LogP) is 2.21. The second kappa shape index (κ2) is 5.21. The van der Waals surface area contributed by atoms with Gasteiger partial charge in [0.15, 0.2) is 9.84 Å². The molecule has 0 atom stereocenters. The number of benzene rings is 1. The van der Waals surface area contributed by atoms with Gasteiger partial charge in [-0.3, -0.25) is 0 Å². The molecule has 1 aromatic carbocycles. The van der Waals surface area contributed by atoms with Gasteiger partial charge in [-0.05, 0) is 29.7 Å². The maximum absolute atomic E-state index is 11.4. The van der Waals surface area contributed by atoms with E-state index >= 15 is 0 Å². The Hall–Kier alpha value is -1.18. The predicted molar refractivity (Wildman–Crippen MR) is 71.8 cm³/mol. The van der Waals surface area contributed by atoms with Gasteiger partial charge in [0.1, 0.15) is 0 Å². The molecule has 0 saturated carbocycles. The van der Waals surface area contributed by atoms with Crippen LogP contribution in [0.15, 0.2) is 28.5 Å². The molecule has 0 saturated heterocycles. The van der Waals surface area contributed by atoms with Crippen LogP contribution in [0.2, 0.25) is 5.02 Å². The first-order valence-electron chi connectivity index (χ1n) is 4.96. The van der Waals surface area contributed by atoms with Gasteiger partial charge in [0, 0.05) is 11.6 Å². The van der Waals surface area contributed by atoms with Gasteiger partial charge in [0.05, 0.1) is 27.8 Å². The van der Waals surface area contributed by atoms with E-state index in [1.807, 2.05) is 0 Å². The lowest BCUT2D eigenvalue weighted by Gasteiger charge is -2.08. The van der Waals surface area contributed by atoms with E-state index in [1.165, 1.54) is 23.7 Å². The van der Waals surface area contributed by atoms with Gasteiger partial charge in [-0.2, -0.15) is 0 Å². The Bertz CT molecular complexity index is 641. The normalized spacial score (nSPS) is 11.4. The van der Waals surface area contributed by atoms with Crippen LogP contribution in [-0.2, 0) is 16.4 Å². The van der Waals surface area contributed by atoms with E-state index in [1.54, 1.807) is 11.4 Å². The number of halogens is 1. The standard InChI is InChI=1S/C10H10ClN3O2S2/c1-18(15,16)8-2-3-9(11)10(4-8)12-5-7-6-17-14-13-7/h2-4,6,12H,5H2,1H3. The van der Waals surface area contributed by atoms with Crippen LogP contribution in [0.3, 0.4) is 0 Å². The maximum Gasteiger partial charge on any atom is 0.175 e. The summed E-state index contributed by atoms with van der Waals surface area (Å²) in [7, 11) is -3.24. The molecule has 0 unspecified atom stereocenters. The van der Waals surface area contributed by atoms with E-state index < -0.39 is 9.84 Å². The van der Waals surface area contributed by atoms with Crippen LogP contribution in [0.4, 0.5) is 5.69 Å². The van der Waals surface area contributed by atoms with Crippen molar-refractivity contribution in [2.75, 3.05) is 11.6 Å². The summed E-state index contributed by atoms with van der Waals surface area (Å²) in [5, 5.41) is 9.18. The zero-order valence-electron chi connectivity index (χ0n) is 9.42. The van der Waals surface area contributed by atoms with Gasteiger partial charge in [-0.25, -0.2) is 8.42 Å². The molecule has 1 heterocycles. The highest BCUT2D eigenvalue weighted by Gasteiger charge is 2.10. The highest BCUT2D eigenvalue weighted by Crippen LogP contribution is 2.25. The van der Waals surface area contributed by atoms with Crippen molar-refractivity contribution in [3.8, 4) is 0 Å². The van der Waals surface area contributed by atoms with Crippen LogP contribution in [0.25, 0.3) is 0 Å². The fourth-order valence-corrected chi connectivity index (χ4v) is 2.60. The highest BCUT2D eigenvalue weighted by atomic mass is 35.5. The van der Waals surface area contributed by atoms with Crippen molar-refractivity contribution in [2.24, 2.45) is 0 Å². The summed E-state index contributed by atoms with van der Waals surface area (Å²) in [5.74, 6) is 0. The number of nitrogens with zero attached hydrogens (tertiary/aromatic N) is 2. The van der Waals surface area contributed by atoms with Crippen LogP contribution in [-0.4, -0.2) is 24.3 Å². The van der Waals surface area contributed by atoms with Gasteiger partial charge in [0.25, 0.3) is 0 Å². The van der Waals surface area contributed by atoms with Gasteiger partial charge in [-0.15, -0.1) is 5.10 Å². The summed E-state index contributed by atoms with van der Waals surface area (Å²) < 4.78 is 26.6. The summed E-state index contributed by atoms with van der Waals surface area (Å²) >= 11 is 7.25. The Labute approximate surface area is 114 Å². The molecule has 1 N–H and O–H groups in total. The van der Waals surface area contributed by atoms with Crippen molar-refractivity contribution in [1.82, 2.24) is 9.59 Å². The first-order valence-corrected chi connectivity index (χ1v) is 8.07. The largest absolute Gasteiger partial charge is 0.378 e. The molecule has 0 aliphatic carbocycles. The third-order valence-electron chi connectivity index (χ3n) is 2.23.